The van der Waals surface area contributed by atoms with Crippen LogP contribution in [-0.2, 0) is 4.74 Å². The molecule has 136 valence electrons. The molecule has 1 saturated carbocycles. The highest BCUT2D eigenvalue weighted by Crippen LogP contribution is 2.23. The Labute approximate surface area is 152 Å². The second-order valence-corrected chi connectivity index (χ2v) is 6.81. The number of hydrogen-bond acceptors (Lipinski definition) is 7. The lowest BCUT2D eigenvalue weighted by molar-refractivity contribution is 0.122. The lowest BCUT2D eigenvalue weighted by Crippen LogP contribution is -2.39. The minimum absolute atomic E-state index is 0.279. The van der Waals surface area contributed by atoms with Gasteiger partial charge in [-0.2, -0.15) is 0 Å². The van der Waals surface area contributed by atoms with Crippen molar-refractivity contribution in [2.75, 3.05) is 31.2 Å². The molecule has 1 aromatic carbocycles. The van der Waals surface area contributed by atoms with Gasteiger partial charge in [-0.05, 0) is 31.0 Å². The highest BCUT2D eigenvalue weighted by molar-refractivity contribution is 6.09. The van der Waals surface area contributed by atoms with Crippen molar-refractivity contribution in [3.8, 4) is 0 Å². The first-order chi connectivity index (χ1) is 12.7. The molecule has 2 fully saturated rings. The zero-order chi connectivity index (χ0) is 17.9. The Bertz CT molecular complexity index is 837. The number of benzene rings is 1. The maximum atomic E-state index is 5.81. The molecule has 1 aromatic heterocycles. The van der Waals surface area contributed by atoms with Crippen LogP contribution in [0.1, 0.15) is 18.5 Å². The minimum atomic E-state index is 0.279. The van der Waals surface area contributed by atoms with Gasteiger partial charge in [-0.15, -0.1) is 0 Å². The molecule has 0 amide bonds. The van der Waals surface area contributed by atoms with E-state index in [2.05, 4.69) is 27.0 Å². The summed E-state index contributed by atoms with van der Waals surface area (Å²) in [6.45, 7) is 3.29. The van der Waals surface area contributed by atoms with E-state index in [1.165, 1.54) is 6.20 Å². The highest BCUT2D eigenvalue weighted by Gasteiger charge is 2.24. The van der Waals surface area contributed by atoms with Crippen molar-refractivity contribution in [3.05, 3.63) is 36.3 Å². The molecule has 1 saturated heterocycles. The SMILES string of the molecule is NC=C(C=NC1CC(N)C1)c1cnc2ccc(N3CCOCC3)cc2n1. The van der Waals surface area contributed by atoms with Crippen LogP contribution in [0.2, 0.25) is 0 Å². The van der Waals surface area contributed by atoms with Crippen molar-refractivity contribution in [2.24, 2.45) is 16.5 Å². The third-order valence-electron chi connectivity index (χ3n) is 4.95. The number of aliphatic imine (C=N–C) groups is 1. The van der Waals surface area contributed by atoms with Crippen LogP contribution in [0.3, 0.4) is 0 Å². The lowest BCUT2D eigenvalue weighted by Gasteiger charge is -2.29. The molecule has 0 unspecified atom stereocenters. The Hall–Kier alpha value is -2.51. The maximum Gasteiger partial charge on any atom is 0.0922 e. The minimum Gasteiger partial charge on any atom is -0.404 e. The first-order valence-electron chi connectivity index (χ1n) is 9.03. The molecule has 1 aliphatic heterocycles. The van der Waals surface area contributed by atoms with Gasteiger partial charge in [0.05, 0.1) is 42.2 Å². The van der Waals surface area contributed by atoms with E-state index in [9.17, 15) is 0 Å². The molecule has 7 nitrogen and oxygen atoms in total. The Morgan fingerprint density at radius 2 is 2.04 bits per heavy atom. The molecule has 2 aliphatic rings. The fraction of sp³-hybridized carbons (Fsp3) is 0.421. The van der Waals surface area contributed by atoms with E-state index in [1.807, 2.05) is 6.07 Å². The Kier molecular flexibility index (Phi) is 4.81. The Morgan fingerprint density at radius 1 is 1.23 bits per heavy atom. The van der Waals surface area contributed by atoms with E-state index < -0.39 is 0 Å². The molecule has 4 N–H and O–H groups in total. The van der Waals surface area contributed by atoms with Gasteiger partial charge < -0.3 is 21.1 Å². The number of ether oxygens (including phenoxy) is 1. The number of nitrogens with two attached hydrogens (primary N) is 2. The molecular weight excluding hydrogens is 328 g/mol. The quantitative estimate of drug-likeness (QED) is 0.805. The van der Waals surface area contributed by atoms with Gasteiger partial charge >= 0.3 is 0 Å². The van der Waals surface area contributed by atoms with Crippen molar-refractivity contribution < 1.29 is 4.74 Å². The number of hydrogen-bond donors (Lipinski definition) is 2. The van der Waals surface area contributed by atoms with Crippen molar-refractivity contribution in [2.45, 2.75) is 24.9 Å². The van der Waals surface area contributed by atoms with Crippen LogP contribution in [0.4, 0.5) is 5.69 Å². The smallest absolute Gasteiger partial charge is 0.0922 e. The van der Waals surface area contributed by atoms with Crippen LogP contribution in [0, 0.1) is 0 Å². The number of anilines is 1. The number of morpholine rings is 1. The Morgan fingerprint density at radius 3 is 2.77 bits per heavy atom. The topological polar surface area (TPSA) is 103 Å². The lowest BCUT2D eigenvalue weighted by atomic mass is 9.88. The van der Waals surface area contributed by atoms with Crippen molar-refractivity contribution in [1.82, 2.24) is 9.97 Å². The average Bonchev–Trinajstić information content (AvgIpc) is 2.67. The summed E-state index contributed by atoms with van der Waals surface area (Å²) in [4.78, 5) is 16.1. The standard InChI is InChI=1S/C19H24N6O/c20-10-13(11-22-15-7-14(21)8-15)19-12-23-17-2-1-16(9-18(17)24-19)25-3-5-26-6-4-25/h1-2,9-12,14-15H,3-8,20-21H2. The number of rotatable bonds is 4. The van der Waals surface area contributed by atoms with Crippen molar-refractivity contribution >= 4 is 28.5 Å². The molecular formula is C19H24N6O. The Balaban J connectivity index is 1.58. The molecule has 0 atom stereocenters. The first-order valence-corrected chi connectivity index (χ1v) is 9.03. The zero-order valence-electron chi connectivity index (χ0n) is 14.7. The summed E-state index contributed by atoms with van der Waals surface area (Å²) in [7, 11) is 0. The summed E-state index contributed by atoms with van der Waals surface area (Å²) >= 11 is 0. The summed E-state index contributed by atoms with van der Waals surface area (Å²) < 4.78 is 5.43. The van der Waals surface area contributed by atoms with Gasteiger partial charge in [-0.25, -0.2) is 4.98 Å². The van der Waals surface area contributed by atoms with E-state index in [1.54, 1.807) is 12.4 Å². The number of aromatic nitrogens is 2. The van der Waals surface area contributed by atoms with E-state index in [0.717, 1.165) is 67.1 Å². The number of allylic oxidation sites excluding steroid dienone is 1. The summed E-state index contributed by atoms with van der Waals surface area (Å²) in [5, 5.41) is 0. The van der Waals surface area contributed by atoms with Crippen molar-refractivity contribution in [3.63, 3.8) is 0 Å². The molecule has 4 rings (SSSR count). The fourth-order valence-corrected chi connectivity index (χ4v) is 3.29. The second kappa shape index (κ2) is 7.39. The largest absolute Gasteiger partial charge is 0.404 e. The molecule has 0 bridgehead atoms. The summed E-state index contributed by atoms with van der Waals surface area (Å²) in [6, 6.07) is 6.74. The average molecular weight is 352 g/mol. The van der Waals surface area contributed by atoms with E-state index in [0.29, 0.717) is 6.04 Å². The van der Waals surface area contributed by atoms with Gasteiger partial charge in [0, 0.05) is 42.8 Å². The molecule has 0 radical (unpaired) electrons. The molecule has 2 heterocycles. The summed E-state index contributed by atoms with van der Waals surface area (Å²) in [5.74, 6) is 0. The van der Waals surface area contributed by atoms with Crippen LogP contribution in [0.15, 0.2) is 35.6 Å². The van der Waals surface area contributed by atoms with Gasteiger partial charge in [0.15, 0.2) is 0 Å². The van der Waals surface area contributed by atoms with E-state index >= 15 is 0 Å². The van der Waals surface area contributed by atoms with Gasteiger partial charge in [-0.3, -0.25) is 9.98 Å². The number of fused-ring (bicyclic) bond motifs is 1. The van der Waals surface area contributed by atoms with Crippen LogP contribution in [-0.4, -0.2) is 54.6 Å². The van der Waals surface area contributed by atoms with Gasteiger partial charge in [-0.1, -0.05) is 0 Å². The third-order valence-corrected chi connectivity index (χ3v) is 4.95. The van der Waals surface area contributed by atoms with Crippen LogP contribution in [0.25, 0.3) is 16.6 Å². The maximum absolute atomic E-state index is 5.81. The first kappa shape index (κ1) is 16.9. The summed E-state index contributed by atoms with van der Waals surface area (Å²) in [5.41, 5.74) is 16.0. The van der Waals surface area contributed by atoms with Crippen molar-refractivity contribution in [1.29, 1.82) is 0 Å². The normalized spacial score (nSPS) is 24.2. The number of nitrogens with zero attached hydrogens (tertiary/aromatic N) is 4. The predicted octanol–water partition coefficient (Wildman–Crippen LogP) is 1.33. The van der Waals surface area contributed by atoms with E-state index in [4.69, 9.17) is 21.2 Å². The highest BCUT2D eigenvalue weighted by atomic mass is 16.5. The van der Waals surface area contributed by atoms with Gasteiger partial charge in [0.1, 0.15) is 0 Å². The molecule has 26 heavy (non-hydrogen) atoms. The molecule has 1 aliphatic carbocycles. The van der Waals surface area contributed by atoms with Crippen LogP contribution < -0.4 is 16.4 Å². The van der Waals surface area contributed by atoms with Crippen LogP contribution >= 0.6 is 0 Å². The predicted molar refractivity (Wildman–Crippen MR) is 104 cm³/mol. The molecule has 2 aromatic rings. The molecule has 0 spiro atoms. The monoisotopic (exact) mass is 352 g/mol. The van der Waals surface area contributed by atoms with Crippen LogP contribution in [0.5, 0.6) is 0 Å². The second-order valence-electron chi connectivity index (χ2n) is 6.81. The van der Waals surface area contributed by atoms with E-state index in [-0.39, 0.29) is 6.04 Å². The fourth-order valence-electron chi connectivity index (χ4n) is 3.29. The van der Waals surface area contributed by atoms with Gasteiger partial charge in [0.25, 0.3) is 0 Å². The third kappa shape index (κ3) is 3.54. The van der Waals surface area contributed by atoms with Gasteiger partial charge in [0.2, 0.25) is 0 Å². The molecule has 7 heteroatoms. The zero-order valence-corrected chi connectivity index (χ0v) is 14.7. The summed E-state index contributed by atoms with van der Waals surface area (Å²) in [6.07, 6.45) is 6.93.